The molecule has 3 aromatic heterocycles. The number of pyridine rings is 1. The summed E-state index contributed by atoms with van der Waals surface area (Å²) in [6, 6.07) is 15.7. The Kier molecular flexibility index (Phi) is 6.89. The van der Waals surface area contributed by atoms with Gasteiger partial charge in [-0.05, 0) is 50.1 Å². The van der Waals surface area contributed by atoms with Crippen molar-refractivity contribution in [3.63, 3.8) is 0 Å². The zero-order valence-corrected chi connectivity index (χ0v) is 20.9. The predicted molar refractivity (Wildman–Crippen MR) is 140 cm³/mol. The van der Waals surface area contributed by atoms with Crippen LogP contribution >= 0.6 is 11.8 Å². The average Bonchev–Trinajstić information content (AvgIpc) is 3.26. The Morgan fingerprint density at radius 1 is 1.22 bits per heavy atom. The van der Waals surface area contributed by atoms with Crippen molar-refractivity contribution >= 4 is 34.4 Å². The first-order valence-electron chi connectivity index (χ1n) is 11.7. The number of fused-ring (bicyclic) bond motifs is 1. The molecule has 4 heterocycles. The minimum atomic E-state index is -1.09. The summed E-state index contributed by atoms with van der Waals surface area (Å²) in [6.07, 6.45) is 4.35. The van der Waals surface area contributed by atoms with Crippen LogP contribution in [0, 0.1) is 11.3 Å². The van der Waals surface area contributed by atoms with Gasteiger partial charge in [-0.3, -0.25) is 4.57 Å². The van der Waals surface area contributed by atoms with Crippen LogP contribution in [0.15, 0.2) is 54.9 Å². The highest BCUT2D eigenvalue weighted by Crippen LogP contribution is 2.26. The maximum Gasteiger partial charge on any atom is 0.229 e. The van der Waals surface area contributed by atoms with E-state index in [-0.39, 0.29) is 0 Å². The molecular formula is C26H27N7O2S. The molecule has 1 atom stereocenters. The van der Waals surface area contributed by atoms with Crippen molar-refractivity contribution in [3.05, 3.63) is 71.7 Å². The van der Waals surface area contributed by atoms with Gasteiger partial charge in [-0.15, -0.1) is 11.8 Å². The van der Waals surface area contributed by atoms with Crippen LogP contribution in [-0.2, 0) is 16.9 Å². The molecule has 1 aliphatic rings. The highest BCUT2D eigenvalue weighted by atomic mass is 32.2. The lowest BCUT2D eigenvalue weighted by Gasteiger charge is -2.22. The molecule has 184 valence electrons. The van der Waals surface area contributed by atoms with Crippen LogP contribution in [0.25, 0.3) is 16.9 Å². The fourth-order valence-corrected chi connectivity index (χ4v) is 4.76. The van der Waals surface area contributed by atoms with E-state index in [4.69, 9.17) is 4.74 Å². The van der Waals surface area contributed by atoms with E-state index in [2.05, 4.69) is 43.8 Å². The molecule has 0 bridgehead atoms. The molecule has 1 aliphatic heterocycles. The largest absolute Gasteiger partial charge is 0.384 e. The highest BCUT2D eigenvalue weighted by molar-refractivity contribution is 7.99. The zero-order chi connectivity index (χ0) is 25.1. The molecule has 0 aliphatic carbocycles. The molecule has 9 nitrogen and oxygen atoms in total. The Morgan fingerprint density at radius 2 is 2.06 bits per heavy atom. The lowest BCUT2D eigenvalue weighted by Crippen LogP contribution is -2.30. The molecule has 0 amide bonds. The minimum absolute atomic E-state index is 0.412. The van der Waals surface area contributed by atoms with Crippen molar-refractivity contribution in [2.75, 3.05) is 17.9 Å². The van der Waals surface area contributed by atoms with Crippen LogP contribution in [0.3, 0.4) is 0 Å². The molecule has 1 fully saturated rings. The summed E-state index contributed by atoms with van der Waals surface area (Å²) < 4.78 is 7.13. The van der Waals surface area contributed by atoms with Crippen molar-refractivity contribution in [2.45, 2.75) is 37.8 Å². The second-order valence-electron chi connectivity index (χ2n) is 9.07. The van der Waals surface area contributed by atoms with Gasteiger partial charge in [0.25, 0.3) is 0 Å². The van der Waals surface area contributed by atoms with Crippen LogP contribution < -0.4 is 10.6 Å². The van der Waals surface area contributed by atoms with Gasteiger partial charge in [-0.1, -0.05) is 18.2 Å². The van der Waals surface area contributed by atoms with Crippen LogP contribution in [0.4, 0.5) is 11.6 Å². The van der Waals surface area contributed by atoms with Crippen LogP contribution in [0.1, 0.15) is 37.1 Å². The van der Waals surface area contributed by atoms with Gasteiger partial charge in [-0.25, -0.2) is 9.97 Å². The first kappa shape index (κ1) is 24.2. The Balaban J connectivity index is 1.37. The van der Waals surface area contributed by atoms with E-state index >= 15 is 0 Å². The fourth-order valence-electron chi connectivity index (χ4n) is 3.92. The highest BCUT2D eigenvalue weighted by Gasteiger charge is 2.20. The molecule has 4 aromatic rings. The lowest BCUT2D eigenvalue weighted by atomic mass is 10.1. The number of ether oxygens (including phenoxy) is 1. The molecule has 1 aromatic carbocycles. The van der Waals surface area contributed by atoms with E-state index in [1.54, 1.807) is 48.6 Å². The normalized spacial score (nSPS) is 16.1. The van der Waals surface area contributed by atoms with E-state index in [9.17, 15) is 10.4 Å². The van der Waals surface area contributed by atoms with E-state index in [1.807, 2.05) is 24.3 Å². The van der Waals surface area contributed by atoms with Crippen molar-refractivity contribution in [2.24, 2.45) is 0 Å². The second kappa shape index (κ2) is 10.2. The van der Waals surface area contributed by atoms with Gasteiger partial charge in [0.05, 0.1) is 34.6 Å². The van der Waals surface area contributed by atoms with E-state index in [0.717, 1.165) is 31.2 Å². The maximum atomic E-state index is 10.4. The summed E-state index contributed by atoms with van der Waals surface area (Å²) in [5, 5.41) is 27.9. The molecule has 1 saturated heterocycles. The Labute approximate surface area is 213 Å². The quantitative estimate of drug-likeness (QED) is 0.342. The Hall–Kier alpha value is -3.49. The molecule has 36 heavy (non-hydrogen) atoms. The molecular weight excluding hydrogens is 474 g/mol. The number of aromatic nitrogens is 4. The molecule has 3 N–H and O–H groups in total. The second-order valence-corrected chi connectivity index (χ2v) is 10.2. The summed E-state index contributed by atoms with van der Waals surface area (Å²) >= 11 is 1.79. The lowest BCUT2D eigenvalue weighted by molar-refractivity contribution is 0.0738. The molecule has 0 radical (unpaired) electrons. The SMILES string of the molecule is CC(C)(O)c1cccc(-n2cc(C#N)c3cnc(Nc4ccc(CN[C@H]5CCOCS5)cc4)nc32)n1. The number of nitriles is 1. The van der Waals surface area contributed by atoms with Gasteiger partial charge in [0.1, 0.15) is 17.5 Å². The number of anilines is 2. The average molecular weight is 502 g/mol. The Morgan fingerprint density at radius 3 is 2.78 bits per heavy atom. The van der Waals surface area contributed by atoms with Gasteiger partial charge >= 0.3 is 0 Å². The number of rotatable bonds is 7. The Bertz CT molecular complexity index is 1400. The van der Waals surface area contributed by atoms with Crippen LogP contribution in [-0.4, -0.2) is 42.5 Å². The van der Waals surface area contributed by atoms with Crippen LogP contribution in [0.5, 0.6) is 0 Å². The number of nitrogens with zero attached hydrogens (tertiary/aromatic N) is 5. The summed E-state index contributed by atoms with van der Waals surface area (Å²) in [7, 11) is 0. The minimum Gasteiger partial charge on any atom is -0.384 e. The zero-order valence-electron chi connectivity index (χ0n) is 20.1. The summed E-state index contributed by atoms with van der Waals surface area (Å²) in [6.45, 7) is 4.96. The first-order valence-corrected chi connectivity index (χ1v) is 12.7. The monoisotopic (exact) mass is 501 g/mol. The van der Waals surface area contributed by atoms with Crippen molar-refractivity contribution < 1.29 is 9.84 Å². The maximum absolute atomic E-state index is 10.4. The molecule has 5 rings (SSSR count). The van der Waals surface area contributed by atoms with E-state index in [1.165, 1.54) is 5.56 Å². The number of thioether (sulfide) groups is 1. The van der Waals surface area contributed by atoms with E-state index < -0.39 is 5.60 Å². The van der Waals surface area contributed by atoms with Gasteiger partial charge < -0.3 is 20.5 Å². The molecule has 0 unspecified atom stereocenters. The first-order chi connectivity index (χ1) is 17.4. The third-order valence-electron chi connectivity index (χ3n) is 5.89. The third kappa shape index (κ3) is 5.34. The number of benzene rings is 1. The number of hydrogen-bond acceptors (Lipinski definition) is 9. The summed E-state index contributed by atoms with van der Waals surface area (Å²) in [4.78, 5) is 13.7. The topological polar surface area (TPSA) is 121 Å². The molecule has 10 heteroatoms. The van der Waals surface area contributed by atoms with Crippen molar-refractivity contribution in [1.82, 2.24) is 24.8 Å². The fraction of sp³-hybridized carbons (Fsp3) is 0.308. The molecule has 0 spiro atoms. The van der Waals surface area contributed by atoms with E-state index in [0.29, 0.717) is 39.4 Å². The van der Waals surface area contributed by atoms with Gasteiger partial charge in [0.2, 0.25) is 5.95 Å². The standard InChI is InChI=1S/C26H27N7O2S/c1-26(2,34)21-4-3-5-22(31-21)33-15-18(12-27)20-14-29-25(32-24(20)33)30-19-8-6-17(7-9-19)13-28-23-10-11-35-16-36-23/h3-9,14-15,23,28,34H,10-11,13,16H2,1-2H3,(H,29,30,32)/t23-/m1/s1. The van der Waals surface area contributed by atoms with Gasteiger partial charge in [-0.2, -0.15) is 10.2 Å². The van der Waals surface area contributed by atoms with Crippen LogP contribution in [0.2, 0.25) is 0 Å². The van der Waals surface area contributed by atoms with Crippen molar-refractivity contribution in [3.8, 4) is 11.9 Å². The molecule has 0 saturated carbocycles. The summed E-state index contributed by atoms with van der Waals surface area (Å²) in [5.41, 5.74) is 2.49. The third-order valence-corrected chi connectivity index (χ3v) is 7.00. The number of nitrogens with one attached hydrogen (secondary N) is 2. The predicted octanol–water partition coefficient (Wildman–Crippen LogP) is 4.18. The number of hydrogen-bond donors (Lipinski definition) is 3. The summed E-state index contributed by atoms with van der Waals surface area (Å²) in [5.74, 6) is 1.71. The smallest absolute Gasteiger partial charge is 0.229 e. The van der Waals surface area contributed by atoms with Gasteiger partial charge in [0, 0.05) is 24.6 Å². The van der Waals surface area contributed by atoms with Gasteiger partial charge in [0.15, 0.2) is 5.65 Å². The number of aliphatic hydroxyl groups is 1. The van der Waals surface area contributed by atoms with Crippen molar-refractivity contribution in [1.29, 1.82) is 5.26 Å².